The Labute approximate surface area is 183 Å². The van der Waals surface area contributed by atoms with Gasteiger partial charge in [0.25, 0.3) is 0 Å². The number of rotatable bonds is 11. The van der Waals surface area contributed by atoms with Gasteiger partial charge in [0.1, 0.15) is 23.4 Å². The molecule has 0 bridgehead atoms. The van der Waals surface area contributed by atoms with Gasteiger partial charge in [0.2, 0.25) is 5.91 Å². The first-order chi connectivity index (χ1) is 15.1. The normalized spacial score (nSPS) is 15.8. The van der Waals surface area contributed by atoms with Gasteiger partial charge in [-0.2, -0.15) is 0 Å². The Kier molecular flexibility index (Phi) is 8.55. The van der Waals surface area contributed by atoms with Crippen molar-refractivity contribution in [2.45, 2.75) is 31.4 Å². The first-order valence-corrected chi connectivity index (χ1v) is 10.7. The molecule has 2 N–H and O–H groups in total. The highest BCUT2D eigenvalue weighted by Crippen LogP contribution is 2.28. The molecule has 0 radical (unpaired) electrons. The lowest BCUT2D eigenvalue weighted by Gasteiger charge is -2.29. The Balaban J connectivity index is 1.59. The molecule has 1 aliphatic rings. The SMILES string of the molecule is COc1ccc(OCCC(=O)N[C@H](CN2CCCC2)[C@H](O)c2ccccc2OC)cc1. The summed E-state index contributed by atoms with van der Waals surface area (Å²) in [5, 5.41) is 14.1. The Morgan fingerprint density at radius 3 is 2.39 bits per heavy atom. The van der Waals surface area contributed by atoms with E-state index in [2.05, 4.69) is 10.2 Å². The van der Waals surface area contributed by atoms with Crippen molar-refractivity contribution in [2.24, 2.45) is 0 Å². The molecule has 1 saturated heterocycles. The number of aliphatic hydroxyl groups excluding tert-OH is 1. The topological polar surface area (TPSA) is 80.3 Å². The maximum absolute atomic E-state index is 12.6. The molecule has 1 heterocycles. The van der Waals surface area contributed by atoms with E-state index in [4.69, 9.17) is 14.2 Å². The van der Waals surface area contributed by atoms with Crippen LogP contribution in [0.25, 0.3) is 0 Å². The van der Waals surface area contributed by atoms with E-state index in [-0.39, 0.29) is 18.9 Å². The van der Waals surface area contributed by atoms with E-state index in [0.717, 1.165) is 31.7 Å². The quantitative estimate of drug-likeness (QED) is 0.573. The lowest BCUT2D eigenvalue weighted by atomic mass is 10.0. The monoisotopic (exact) mass is 428 g/mol. The highest BCUT2D eigenvalue weighted by molar-refractivity contribution is 5.76. The molecule has 7 heteroatoms. The molecule has 0 unspecified atom stereocenters. The maximum atomic E-state index is 12.6. The number of hydrogen-bond acceptors (Lipinski definition) is 6. The zero-order valence-electron chi connectivity index (χ0n) is 18.3. The third kappa shape index (κ3) is 6.60. The number of nitrogens with one attached hydrogen (secondary N) is 1. The summed E-state index contributed by atoms with van der Waals surface area (Å²) in [6.07, 6.45) is 1.60. The molecule has 1 aliphatic heterocycles. The van der Waals surface area contributed by atoms with Crippen molar-refractivity contribution < 1.29 is 24.1 Å². The van der Waals surface area contributed by atoms with Gasteiger partial charge in [-0.3, -0.25) is 4.79 Å². The van der Waals surface area contributed by atoms with Crippen molar-refractivity contribution >= 4 is 5.91 Å². The summed E-state index contributed by atoms with van der Waals surface area (Å²) in [5.74, 6) is 1.88. The van der Waals surface area contributed by atoms with Crippen LogP contribution >= 0.6 is 0 Å². The third-order valence-corrected chi connectivity index (χ3v) is 5.50. The van der Waals surface area contributed by atoms with Crippen LogP contribution in [0.4, 0.5) is 0 Å². The van der Waals surface area contributed by atoms with Gasteiger partial charge >= 0.3 is 0 Å². The average Bonchev–Trinajstić information content (AvgIpc) is 3.31. The highest BCUT2D eigenvalue weighted by atomic mass is 16.5. The van der Waals surface area contributed by atoms with E-state index in [0.29, 0.717) is 23.6 Å². The predicted molar refractivity (Wildman–Crippen MR) is 119 cm³/mol. The van der Waals surface area contributed by atoms with Crippen LogP contribution < -0.4 is 19.5 Å². The summed E-state index contributed by atoms with van der Waals surface area (Å²) in [7, 11) is 3.19. The van der Waals surface area contributed by atoms with Gasteiger partial charge in [-0.05, 0) is 56.3 Å². The molecule has 3 rings (SSSR count). The molecule has 7 nitrogen and oxygen atoms in total. The maximum Gasteiger partial charge on any atom is 0.223 e. The Morgan fingerprint density at radius 2 is 1.71 bits per heavy atom. The van der Waals surface area contributed by atoms with Gasteiger partial charge in [0.05, 0.1) is 33.3 Å². The van der Waals surface area contributed by atoms with Gasteiger partial charge in [0.15, 0.2) is 0 Å². The molecule has 0 aromatic heterocycles. The van der Waals surface area contributed by atoms with Crippen molar-refractivity contribution in [3.05, 3.63) is 54.1 Å². The van der Waals surface area contributed by atoms with Crippen LogP contribution in [-0.4, -0.2) is 62.4 Å². The number of aliphatic hydroxyl groups is 1. The number of para-hydroxylation sites is 1. The second-order valence-corrected chi connectivity index (χ2v) is 7.64. The van der Waals surface area contributed by atoms with Crippen molar-refractivity contribution in [1.29, 1.82) is 0 Å². The molecule has 0 saturated carbocycles. The van der Waals surface area contributed by atoms with E-state index in [1.54, 1.807) is 26.4 Å². The smallest absolute Gasteiger partial charge is 0.223 e. The fourth-order valence-corrected chi connectivity index (χ4v) is 3.81. The van der Waals surface area contributed by atoms with Gasteiger partial charge < -0.3 is 29.5 Å². The van der Waals surface area contributed by atoms with Crippen molar-refractivity contribution in [3.8, 4) is 17.2 Å². The van der Waals surface area contributed by atoms with E-state index in [1.165, 1.54) is 0 Å². The number of nitrogens with zero attached hydrogens (tertiary/aromatic N) is 1. The summed E-state index contributed by atoms with van der Waals surface area (Å²) >= 11 is 0. The molecule has 1 fully saturated rings. The van der Waals surface area contributed by atoms with E-state index < -0.39 is 12.1 Å². The Bertz CT molecular complexity index is 821. The largest absolute Gasteiger partial charge is 0.497 e. The zero-order valence-corrected chi connectivity index (χ0v) is 18.3. The lowest BCUT2D eigenvalue weighted by Crippen LogP contribution is -2.47. The van der Waals surface area contributed by atoms with Gasteiger partial charge in [-0.15, -0.1) is 0 Å². The molecular formula is C24H32N2O5. The van der Waals surface area contributed by atoms with Crippen molar-refractivity contribution in [3.63, 3.8) is 0 Å². The number of likely N-dealkylation sites (tertiary alicyclic amines) is 1. The summed E-state index contributed by atoms with van der Waals surface area (Å²) in [6, 6.07) is 14.2. The molecule has 2 aromatic carbocycles. The summed E-state index contributed by atoms with van der Waals surface area (Å²) in [4.78, 5) is 14.9. The Morgan fingerprint density at radius 1 is 1.03 bits per heavy atom. The molecule has 0 spiro atoms. The third-order valence-electron chi connectivity index (χ3n) is 5.50. The van der Waals surface area contributed by atoms with Crippen LogP contribution in [0.3, 0.4) is 0 Å². The molecule has 2 aromatic rings. The Hall–Kier alpha value is -2.77. The zero-order chi connectivity index (χ0) is 22.1. The van der Waals surface area contributed by atoms with Crippen molar-refractivity contribution in [2.75, 3.05) is 40.5 Å². The first kappa shape index (κ1) is 22.9. The number of carbonyl (C=O) groups is 1. The van der Waals surface area contributed by atoms with Crippen LogP contribution in [0.15, 0.2) is 48.5 Å². The number of hydrogen-bond donors (Lipinski definition) is 2. The molecule has 2 atom stereocenters. The second kappa shape index (κ2) is 11.6. The van der Waals surface area contributed by atoms with Crippen LogP contribution in [0.2, 0.25) is 0 Å². The minimum atomic E-state index is -0.872. The van der Waals surface area contributed by atoms with E-state index in [1.807, 2.05) is 36.4 Å². The number of methoxy groups -OCH3 is 2. The van der Waals surface area contributed by atoms with E-state index >= 15 is 0 Å². The van der Waals surface area contributed by atoms with Gasteiger partial charge in [-0.1, -0.05) is 18.2 Å². The van der Waals surface area contributed by atoms with E-state index in [9.17, 15) is 9.90 Å². The van der Waals surface area contributed by atoms with Crippen LogP contribution in [0, 0.1) is 0 Å². The molecule has 0 aliphatic carbocycles. The fourth-order valence-electron chi connectivity index (χ4n) is 3.81. The van der Waals surface area contributed by atoms with Gasteiger partial charge in [0, 0.05) is 12.1 Å². The molecule has 1 amide bonds. The number of ether oxygens (including phenoxy) is 3. The van der Waals surface area contributed by atoms with Crippen LogP contribution in [0.1, 0.15) is 30.9 Å². The minimum Gasteiger partial charge on any atom is -0.497 e. The lowest BCUT2D eigenvalue weighted by molar-refractivity contribution is -0.123. The minimum absolute atomic E-state index is 0.161. The number of benzene rings is 2. The average molecular weight is 429 g/mol. The van der Waals surface area contributed by atoms with Crippen LogP contribution in [-0.2, 0) is 4.79 Å². The molecule has 168 valence electrons. The predicted octanol–water partition coefficient (Wildman–Crippen LogP) is 2.79. The molecule has 31 heavy (non-hydrogen) atoms. The van der Waals surface area contributed by atoms with Gasteiger partial charge in [-0.25, -0.2) is 0 Å². The number of amides is 1. The molecular weight excluding hydrogens is 396 g/mol. The van der Waals surface area contributed by atoms with Crippen LogP contribution in [0.5, 0.6) is 17.2 Å². The highest BCUT2D eigenvalue weighted by Gasteiger charge is 2.28. The summed E-state index contributed by atoms with van der Waals surface area (Å²) in [6.45, 7) is 2.79. The number of carbonyl (C=O) groups excluding carboxylic acids is 1. The summed E-state index contributed by atoms with van der Waals surface area (Å²) in [5.41, 5.74) is 0.670. The summed E-state index contributed by atoms with van der Waals surface area (Å²) < 4.78 is 16.2. The second-order valence-electron chi connectivity index (χ2n) is 7.64. The first-order valence-electron chi connectivity index (χ1n) is 10.7. The fraction of sp³-hybridized carbons (Fsp3) is 0.458. The van der Waals surface area contributed by atoms with Crippen molar-refractivity contribution in [1.82, 2.24) is 10.2 Å². The standard InChI is InChI=1S/C24H32N2O5/c1-29-18-9-11-19(12-10-18)31-16-13-23(27)25-21(17-26-14-5-6-15-26)24(28)20-7-3-4-8-22(20)30-2/h3-4,7-12,21,24,28H,5-6,13-17H2,1-2H3,(H,25,27)/t21-,24-/m1/s1.